The highest BCUT2D eigenvalue weighted by atomic mass is 32.2. The maximum atomic E-state index is 12.6. The van der Waals surface area contributed by atoms with Crippen molar-refractivity contribution in [2.75, 3.05) is 13.2 Å². The van der Waals surface area contributed by atoms with Gasteiger partial charge in [-0.3, -0.25) is 4.79 Å². The van der Waals surface area contributed by atoms with E-state index >= 15 is 0 Å². The van der Waals surface area contributed by atoms with Crippen LogP contribution >= 0.6 is 11.8 Å². The molecule has 3 nitrogen and oxygen atoms in total. The number of alkyl halides is 3. The minimum Gasteiger partial charge on any atom is -0.481 e. The zero-order valence-electron chi connectivity index (χ0n) is 16.2. The molecule has 2 aromatic rings. The quantitative estimate of drug-likeness (QED) is 0.508. The van der Waals surface area contributed by atoms with Crippen LogP contribution in [0.1, 0.15) is 25.0 Å². The summed E-state index contributed by atoms with van der Waals surface area (Å²) in [7, 11) is 0. The lowest BCUT2D eigenvalue weighted by Crippen LogP contribution is -2.25. The summed E-state index contributed by atoms with van der Waals surface area (Å²) in [5.41, 5.74) is 0.141. The molecule has 0 aliphatic rings. The summed E-state index contributed by atoms with van der Waals surface area (Å²) in [6, 6.07) is 12.5. The van der Waals surface area contributed by atoms with Crippen LogP contribution in [0, 0.1) is 11.8 Å². The lowest BCUT2D eigenvalue weighted by Gasteiger charge is -2.08. The maximum absolute atomic E-state index is 12.6. The molecule has 7 heteroatoms. The zero-order chi connectivity index (χ0) is 21.3. The summed E-state index contributed by atoms with van der Waals surface area (Å²) in [4.78, 5) is 13.1. The molecule has 0 aliphatic heterocycles. The molecule has 0 saturated heterocycles. The fourth-order valence-corrected chi connectivity index (χ4v) is 3.18. The number of nitrogens with one attached hydrogen (secondary N) is 1. The summed E-state index contributed by atoms with van der Waals surface area (Å²) in [6.45, 7) is 4.33. The first-order valence-electron chi connectivity index (χ1n) is 9.02. The second-order valence-electron chi connectivity index (χ2n) is 6.43. The molecule has 0 fully saturated rings. The van der Waals surface area contributed by atoms with Crippen LogP contribution in [0.5, 0.6) is 5.75 Å². The van der Waals surface area contributed by atoms with Crippen molar-refractivity contribution in [1.82, 2.24) is 5.32 Å². The van der Waals surface area contributed by atoms with E-state index in [0.29, 0.717) is 5.25 Å². The van der Waals surface area contributed by atoms with Gasteiger partial charge >= 0.3 is 6.18 Å². The molecule has 0 saturated carbocycles. The average Bonchev–Trinajstić information content (AvgIpc) is 2.65. The Kier molecular flexibility index (Phi) is 8.47. The lowest BCUT2D eigenvalue weighted by molar-refractivity contribution is -0.137. The van der Waals surface area contributed by atoms with E-state index in [-0.39, 0.29) is 31.2 Å². The van der Waals surface area contributed by atoms with Crippen LogP contribution in [0.15, 0.2) is 53.4 Å². The van der Waals surface area contributed by atoms with E-state index in [2.05, 4.69) is 31.0 Å². The Morgan fingerprint density at radius 3 is 2.52 bits per heavy atom. The summed E-state index contributed by atoms with van der Waals surface area (Å²) in [5.74, 6) is 5.33. The van der Waals surface area contributed by atoms with Crippen LogP contribution in [0.2, 0.25) is 0 Å². The molecule has 0 atom stereocenters. The molecule has 0 bridgehead atoms. The van der Waals surface area contributed by atoms with Crippen molar-refractivity contribution in [2.24, 2.45) is 0 Å². The largest absolute Gasteiger partial charge is 0.481 e. The zero-order valence-corrected chi connectivity index (χ0v) is 17.0. The van der Waals surface area contributed by atoms with Crippen molar-refractivity contribution in [3.8, 4) is 17.6 Å². The predicted molar refractivity (Wildman–Crippen MR) is 109 cm³/mol. The van der Waals surface area contributed by atoms with Gasteiger partial charge in [-0.1, -0.05) is 43.9 Å². The second kappa shape index (κ2) is 10.8. The van der Waals surface area contributed by atoms with E-state index in [1.807, 2.05) is 24.3 Å². The Hall–Kier alpha value is -2.59. The van der Waals surface area contributed by atoms with Gasteiger partial charge in [0.15, 0.2) is 0 Å². The number of ether oxygens (including phenoxy) is 1. The summed E-state index contributed by atoms with van der Waals surface area (Å²) < 4.78 is 43.1. The molecule has 154 valence electrons. The van der Waals surface area contributed by atoms with E-state index in [1.165, 1.54) is 12.1 Å². The standard InChI is InChI=1S/C22H22F3NO2S/c1-16(2)29-20-10-8-17(9-11-20)14-21(27)26-12-3-4-13-28-19-7-5-6-18(15-19)22(23,24)25/h5-11,15-16H,12-14H2,1-2H3,(H,26,27). The normalized spacial score (nSPS) is 11.0. The molecular formula is C22H22F3NO2S. The van der Waals surface area contributed by atoms with E-state index < -0.39 is 11.7 Å². The lowest BCUT2D eigenvalue weighted by atomic mass is 10.1. The smallest absolute Gasteiger partial charge is 0.416 e. The number of benzene rings is 2. The van der Waals surface area contributed by atoms with Crippen molar-refractivity contribution in [3.63, 3.8) is 0 Å². The monoisotopic (exact) mass is 421 g/mol. The first kappa shape index (κ1) is 22.7. The van der Waals surface area contributed by atoms with E-state index in [0.717, 1.165) is 22.6 Å². The van der Waals surface area contributed by atoms with Gasteiger partial charge in [0.1, 0.15) is 12.4 Å². The van der Waals surface area contributed by atoms with E-state index in [1.54, 1.807) is 11.8 Å². The number of hydrogen-bond acceptors (Lipinski definition) is 3. The molecule has 0 aromatic heterocycles. The van der Waals surface area contributed by atoms with Gasteiger partial charge in [-0.2, -0.15) is 13.2 Å². The first-order chi connectivity index (χ1) is 13.7. The maximum Gasteiger partial charge on any atom is 0.416 e. The number of thioether (sulfide) groups is 1. The van der Waals surface area contributed by atoms with E-state index in [9.17, 15) is 18.0 Å². The fraction of sp³-hybridized carbons (Fsp3) is 0.318. The van der Waals surface area contributed by atoms with Crippen LogP contribution in [-0.2, 0) is 17.4 Å². The Morgan fingerprint density at radius 1 is 1.14 bits per heavy atom. The third-order valence-corrected chi connectivity index (χ3v) is 4.65. The van der Waals surface area contributed by atoms with Crippen LogP contribution in [0.25, 0.3) is 0 Å². The molecule has 2 rings (SSSR count). The summed E-state index contributed by atoms with van der Waals surface area (Å²) >= 11 is 1.76. The Balaban J connectivity index is 1.71. The van der Waals surface area contributed by atoms with Gasteiger partial charge in [0, 0.05) is 10.1 Å². The first-order valence-corrected chi connectivity index (χ1v) is 9.90. The van der Waals surface area contributed by atoms with Crippen molar-refractivity contribution in [1.29, 1.82) is 0 Å². The van der Waals surface area contributed by atoms with Crippen molar-refractivity contribution in [2.45, 2.75) is 36.6 Å². The third kappa shape index (κ3) is 8.53. The molecule has 29 heavy (non-hydrogen) atoms. The molecule has 2 aromatic carbocycles. The predicted octanol–water partition coefficient (Wildman–Crippen LogP) is 4.95. The topological polar surface area (TPSA) is 38.3 Å². The Bertz CT molecular complexity index is 868. The van der Waals surface area contributed by atoms with Crippen LogP contribution in [0.4, 0.5) is 13.2 Å². The van der Waals surface area contributed by atoms with E-state index in [4.69, 9.17) is 4.74 Å². The molecule has 1 amide bonds. The number of amides is 1. The fourth-order valence-electron chi connectivity index (χ4n) is 2.34. The van der Waals surface area contributed by atoms with Gasteiger partial charge in [0.2, 0.25) is 5.91 Å². The number of carbonyl (C=O) groups is 1. The average molecular weight is 421 g/mol. The van der Waals surface area contributed by atoms with Gasteiger partial charge in [0.25, 0.3) is 0 Å². The van der Waals surface area contributed by atoms with Crippen LogP contribution in [-0.4, -0.2) is 24.3 Å². The molecule has 0 spiro atoms. The van der Waals surface area contributed by atoms with Gasteiger partial charge in [-0.05, 0) is 35.9 Å². The van der Waals surface area contributed by atoms with Crippen molar-refractivity contribution < 1.29 is 22.7 Å². The van der Waals surface area contributed by atoms with Crippen molar-refractivity contribution >= 4 is 17.7 Å². The van der Waals surface area contributed by atoms with Crippen LogP contribution in [0.3, 0.4) is 0 Å². The number of hydrogen-bond donors (Lipinski definition) is 1. The highest BCUT2D eigenvalue weighted by molar-refractivity contribution is 7.99. The van der Waals surface area contributed by atoms with Gasteiger partial charge in [-0.25, -0.2) is 0 Å². The van der Waals surface area contributed by atoms with Crippen LogP contribution < -0.4 is 10.1 Å². The highest BCUT2D eigenvalue weighted by Gasteiger charge is 2.30. The number of halogens is 3. The SMILES string of the molecule is CC(C)Sc1ccc(CC(=O)NCC#CCOc2cccc(C(F)(F)F)c2)cc1. The second-order valence-corrected chi connectivity index (χ2v) is 8.08. The summed E-state index contributed by atoms with van der Waals surface area (Å²) in [5, 5.41) is 3.18. The molecule has 1 N–H and O–H groups in total. The van der Waals surface area contributed by atoms with Gasteiger partial charge < -0.3 is 10.1 Å². The van der Waals surface area contributed by atoms with Gasteiger partial charge in [0.05, 0.1) is 18.5 Å². The Labute approximate surface area is 173 Å². The molecule has 0 unspecified atom stereocenters. The molecular weight excluding hydrogens is 399 g/mol. The minimum absolute atomic E-state index is 0.0633. The number of rotatable bonds is 7. The molecule has 0 radical (unpaired) electrons. The van der Waals surface area contributed by atoms with Gasteiger partial charge in [-0.15, -0.1) is 11.8 Å². The molecule has 0 heterocycles. The summed E-state index contributed by atoms with van der Waals surface area (Å²) in [6.07, 6.45) is -4.15. The third-order valence-electron chi connectivity index (χ3n) is 3.63. The highest BCUT2D eigenvalue weighted by Crippen LogP contribution is 2.31. The number of carbonyl (C=O) groups excluding carboxylic acids is 1. The van der Waals surface area contributed by atoms with Crippen molar-refractivity contribution in [3.05, 3.63) is 59.7 Å². The Morgan fingerprint density at radius 2 is 1.86 bits per heavy atom. The minimum atomic E-state index is -4.41. The molecule has 0 aliphatic carbocycles.